The van der Waals surface area contributed by atoms with E-state index >= 15 is 0 Å². The number of aromatic nitrogens is 3. The summed E-state index contributed by atoms with van der Waals surface area (Å²) < 4.78 is 1.89. The quantitative estimate of drug-likeness (QED) is 0.863. The summed E-state index contributed by atoms with van der Waals surface area (Å²) in [5, 5.41) is 21.1. The molecule has 1 aromatic heterocycles. The topological polar surface area (TPSA) is 80.0 Å². The Morgan fingerprint density at radius 3 is 2.89 bits per heavy atom. The number of carbonyl (C=O) groups is 1. The van der Waals surface area contributed by atoms with Crippen LogP contribution in [-0.4, -0.2) is 25.8 Å². The van der Waals surface area contributed by atoms with Crippen LogP contribution in [0.1, 0.15) is 17.5 Å². The van der Waals surface area contributed by atoms with Crippen LogP contribution in [0.3, 0.4) is 0 Å². The van der Waals surface area contributed by atoms with Gasteiger partial charge in [-0.05, 0) is 30.8 Å². The number of fused-ring (bicyclic) bond motifs is 1. The van der Waals surface area contributed by atoms with E-state index in [4.69, 9.17) is 0 Å². The first kappa shape index (κ1) is 12.2. The van der Waals surface area contributed by atoms with Crippen molar-refractivity contribution in [3.8, 4) is 0 Å². The fraction of sp³-hybridized carbons (Fsp3) is 0.250. The molecule has 0 saturated heterocycles. The smallest absolute Gasteiger partial charge is 0.257 e. The number of aryl methyl sites for hydroxylation is 1. The summed E-state index contributed by atoms with van der Waals surface area (Å²) in [5.74, 6) is 0.457. The second-order valence-corrected chi connectivity index (χ2v) is 5.37. The van der Waals surface area contributed by atoms with Crippen molar-refractivity contribution in [3.05, 3.63) is 29.6 Å². The molecule has 0 aliphatic carbocycles. The molecule has 1 aliphatic heterocycles. The monoisotopic (exact) mass is 276 g/mol. The Morgan fingerprint density at radius 1 is 1.42 bits per heavy atom. The summed E-state index contributed by atoms with van der Waals surface area (Å²) in [6.07, 6.45) is -1.06. The minimum absolute atomic E-state index is 0.383. The van der Waals surface area contributed by atoms with Crippen molar-refractivity contribution in [2.45, 2.75) is 23.1 Å². The van der Waals surface area contributed by atoms with Gasteiger partial charge in [-0.1, -0.05) is 6.07 Å². The number of amides is 1. The SMILES string of the molecule is Cc1nnc(Sc2ccc3c(c2)NC(=O)C3O)n1C. The van der Waals surface area contributed by atoms with Crippen molar-refractivity contribution >= 4 is 23.4 Å². The van der Waals surface area contributed by atoms with E-state index in [0.29, 0.717) is 11.3 Å². The van der Waals surface area contributed by atoms with Crippen LogP contribution in [-0.2, 0) is 11.8 Å². The van der Waals surface area contributed by atoms with Gasteiger partial charge in [0.15, 0.2) is 11.3 Å². The van der Waals surface area contributed by atoms with Gasteiger partial charge in [0.25, 0.3) is 5.91 Å². The molecule has 1 amide bonds. The zero-order valence-corrected chi connectivity index (χ0v) is 11.2. The summed E-state index contributed by atoms with van der Waals surface area (Å²) >= 11 is 1.46. The van der Waals surface area contributed by atoms with Gasteiger partial charge in [-0.3, -0.25) is 4.79 Å². The zero-order chi connectivity index (χ0) is 13.6. The number of hydrogen-bond acceptors (Lipinski definition) is 5. The van der Waals surface area contributed by atoms with Crippen molar-refractivity contribution < 1.29 is 9.90 Å². The molecule has 0 radical (unpaired) electrons. The zero-order valence-electron chi connectivity index (χ0n) is 10.4. The number of aliphatic hydroxyl groups excluding tert-OH is 1. The molecular weight excluding hydrogens is 264 g/mol. The highest BCUT2D eigenvalue weighted by molar-refractivity contribution is 7.99. The third kappa shape index (κ3) is 2.00. The Bertz CT molecular complexity index is 668. The van der Waals surface area contributed by atoms with Crippen molar-refractivity contribution in [1.82, 2.24) is 14.8 Å². The van der Waals surface area contributed by atoms with Crippen molar-refractivity contribution in [3.63, 3.8) is 0 Å². The number of aliphatic hydroxyl groups is 1. The molecule has 1 aliphatic rings. The van der Waals surface area contributed by atoms with E-state index in [-0.39, 0.29) is 5.91 Å². The maximum atomic E-state index is 11.4. The highest BCUT2D eigenvalue weighted by Crippen LogP contribution is 2.35. The van der Waals surface area contributed by atoms with E-state index in [2.05, 4.69) is 15.5 Å². The summed E-state index contributed by atoms with van der Waals surface area (Å²) in [6, 6.07) is 5.44. The van der Waals surface area contributed by atoms with E-state index in [1.54, 1.807) is 6.07 Å². The number of rotatable bonds is 2. The van der Waals surface area contributed by atoms with Crippen LogP contribution in [0.5, 0.6) is 0 Å². The summed E-state index contributed by atoms with van der Waals surface area (Å²) in [7, 11) is 1.90. The molecule has 1 atom stereocenters. The highest BCUT2D eigenvalue weighted by atomic mass is 32.2. The van der Waals surface area contributed by atoms with Gasteiger partial charge in [-0.2, -0.15) is 0 Å². The Labute approximate surface area is 113 Å². The maximum absolute atomic E-state index is 11.4. The number of hydrogen-bond donors (Lipinski definition) is 2. The van der Waals surface area contributed by atoms with Crippen molar-refractivity contribution in [2.75, 3.05) is 5.32 Å². The van der Waals surface area contributed by atoms with Gasteiger partial charge in [0.2, 0.25) is 0 Å². The molecule has 7 heteroatoms. The van der Waals surface area contributed by atoms with Crippen LogP contribution in [0.2, 0.25) is 0 Å². The number of nitrogens with zero attached hydrogens (tertiary/aromatic N) is 3. The summed E-state index contributed by atoms with van der Waals surface area (Å²) in [6.45, 7) is 1.89. The molecule has 19 heavy (non-hydrogen) atoms. The minimum Gasteiger partial charge on any atom is -0.378 e. The van der Waals surface area contributed by atoms with Crippen LogP contribution in [0.15, 0.2) is 28.3 Å². The standard InChI is InChI=1S/C12H12N4O2S/c1-6-14-15-12(16(6)2)19-7-3-4-8-9(5-7)13-11(18)10(8)17/h3-5,10,17H,1-2H3,(H,13,18). The van der Waals surface area contributed by atoms with E-state index in [1.807, 2.05) is 30.7 Å². The second-order valence-electron chi connectivity index (χ2n) is 4.33. The van der Waals surface area contributed by atoms with Crippen LogP contribution in [0.25, 0.3) is 0 Å². The molecule has 6 nitrogen and oxygen atoms in total. The second kappa shape index (κ2) is 4.36. The molecule has 98 valence electrons. The van der Waals surface area contributed by atoms with Gasteiger partial charge in [0, 0.05) is 23.2 Å². The Balaban J connectivity index is 1.90. The van der Waals surface area contributed by atoms with Crippen LogP contribution in [0, 0.1) is 6.92 Å². The number of benzene rings is 1. The average molecular weight is 276 g/mol. The van der Waals surface area contributed by atoms with E-state index in [9.17, 15) is 9.90 Å². The molecule has 1 aromatic carbocycles. The molecule has 3 rings (SSSR count). The molecule has 1 unspecified atom stereocenters. The Hall–Kier alpha value is -1.86. The first-order valence-corrected chi connectivity index (χ1v) is 6.54. The van der Waals surface area contributed by atoms with E-state index in [0.717, 1.165) is 15.9 Å². The predicted octanol–water partition coefficient (Wildman–Crippen LogP) is 1.26. The number of anilines is 1. The molecular formula is C12H12N4O2S. The average Bonchev–Trinajstić information content (AvgIpc) is 2.84. The Kier molecular flexibility index (Phi) is 2.79. The van der Waals surface area contributed by atoms with Crippen LogP contribution >= 0.6 is 11.8 Å². The van der Waals surface area contributed by atoms with E-state index in [1.165, 1.54) is 11.8 Å². The van der Waals surface area contributed by atoms with Gasteiger partial charge < -0.3 is 15.0 Å². The highest BCUT2D eigenvalue weighted by Gasteiger charge is 2.28. The van der Waals surface area contributed by atoms with Crippen molar-refractivity contribution in [1.29, 1.82) is 0 Å². The Morgan fingerprint density at radius 2 is 2.21 bits per heavy atom. The van der Waals surface area contributed by atoms with Gasteiger partial charge in [-0.25, -0.2) is 0 Å². The van der Waals surface area contributed by atoms with Crippen molar-refractivity contribution in [2.24, 2.45) is 7.05 Å². The number of carbonyl (C=O) groups excluding carboxylic acids is 1. The minimum atomic E-state index is -1.06. The van der Waals surface area contributed by atoms with Gasteiger partial charge >= 0.3 is 0 Å². The normalized spacial score (nSPS) is 17.4. The fourth-order valence-electron chi connectivity index (χ4n) is 1.87. The lowest BCUT2D eigenvalue weighted by molar-refractivity contribution is -0.123. The lowest BCUT2D eigenvalue weighted by Gasteiger charge is -2.04. The summed E-state index contributed by atoms with van der Waals surface area (Å²) in [5.41, 5.74) is 1.27. The molecule has 0 saturated carbocycles. The van der Waals surface area contributed by atoms with Gasteiger partial charge in [0.1, 0.15) is 5.82 Å². The predicted molar refractivity (Wildman–Crippen MR) is 69.9 cm³/mol. The summed E-state index contributed by atoms with van der Waals surface area (Å²) in [4.78, 5) is 12.3. The molecule has 0 bridgehead atoms. The lowest BCUT2D eigenvalue weighted by atomic mass is 10.1. The molecule has 2 aromatic rings. The van der Waals surface area contributed by atoms with E-state index < -0.39 is 6.10 Å². The molecule has 0 spiro atoms. The third-order valence-corrected chi connectivity index (χ3v) is 4.12. The lowest BCUT2D eigenvalue weighted by Crippen LogP contribution is -2.10. The molecule has 2 N–H and O–H groups in total. The molecule has 0 fully saturated rings. The third-order valence-electron chi connectivity index (χ3n) is 3.09. The molecule has 2 heterocycles. The first-order valence-electron chi connectivity index (χ1n) is 5.73. The number of nitrogens with one attached hydrogen (secondary N) is 1. The fourth-order valence-corrected chi connectivity index (χ4v) is 2.74. The van der Waals surface area contributed by atoms with Gasteiger partial charge in [-0.15, -0.1) is 10.2 Å². The largest absolute Gasteiger partial charge is 0.378 e. The van der Waals surface area contributed by atoms with Crippen LogP contribution in [0.4, 0.5) is 5.69 Å². The maximum Gasteiger partial charge on any atom is 0.257 e. The van der Waals surface area contributed by atoms with Crippen LogP contribution < -0.4 is 5.32 Å². The first-order chi connectivity index (χ1) is 9.06. The van der Waals surface area contributed by atoms with Gasteiger partial charge in [0.05, 0.1) is 0 Å².